The Bertz CT molecular complexity index is 1890. The largest absolute Gasteiger partial charge is 0.462 e. The van der Waals surface area contributed by atoms with Gasteiger partial charge in [-0.2, -0.15) is 5.09 Å². The minimum atomic E-state index is -4.17. The highest BCUT2D eigenvalue weighted by molar-refractivity contribution is 7.52. The lowest BCUT2D eigenvalue weighted by Crippen LogP contribution is -2.36. The maximum atomic E-state index is 14.6. The van der Waals surface area contributed by atoms with Gasteiger partial charge in [0.1, 0.15) is 29.7 Å². The Hall–Kier alpha value is -4.02. The van der Waals surface area contributed by atoms with Gasteiger partial charge >= 0.3 is 13.7 Å². The number of rotatable bonds is 16. The van der Waals surface area contributed by atoms with Gasteiger partial charge in [-0.15, -0.1) is 0 Å². The molecule has 0 aliphatic carbocycles. The molecule has 3 atom stereocenters. The van der Waals surface area contributed by atoms with Gasteiger partial charge in [0.05, 0.1) is 29.8 Å². The number of imidazole rings is 1. The monoisotopic (exact) mass is 661 g/mol. The van der Waals surface area contributed by atoms with Crippen molar-refractivity contribution in [2.45, 2.75) is 78.7 Å². The molecule has 0 fully saturated rings. The van der Waals surface area contributed by atoms with Crippen LogP contribution in [0.1, 0.15) is 65.7 Å². The Morgan fingerprint density at radius 1 is 1.00 bits per heavy atom. The van der Waals surface area contributed by atoms with Gasteiger partial charge in [-0.3, -0.25) is 9.32 Å². The first-order valence-corrected chi connectivity index (χ1v) is 17.7. The van der Waals surface area contributed by atoms with Gasteiger partial charge < -0.3 is 24.3 Å². The highest BCUT2D eigenvalue weighted by atomic mass is 31.2. The zero-order valence-electron chi connectivity index (χ0n) is 27.6. The van der Waals surface area contributed by atoms with Crippen molar-refractivity contribution in [2.75, 3.05) is 18.9 Å². The molecule has 12 heteroatoms. The van der Waals surface area contributed by atoms with Crippen molar-refractivity contribution in [3.8, 4) is 5.75 Å². The molecular weight excluding hydrogens is 617 g/mol. The van der Waals surface area contributed by atoms with E-state index in [1.165, 1.54) is 0 Å². The van der Waals surface area contributed by atoms with Gasteiger partial charge in [-0.05, 0) is 63.1 Å². The van der Waals surface area contributed by atoms with Crippen molar-refractivity contribution in [1.82, 2.24) is 19.6 Å². The molecule has 0 amide bonds. The Morgan fingerprint density at radius 3 is 2.49 bits per heavy atom. The fraction of sp³-hybridized carbons (Fsp3) is 0.400. The summed E-state index contributed by atoms with van der Waals surface area (Å²) in [5, 5.41) is 5.63. The normalized spacial score (nSPS) is 14.4. The average Bonchev–Trinajstić information content (AvgIpc) is 3.43. The van der Waals surface area contributed by atoms with Gasteiger partial charge in [0, 0.05) is 12.0 Å². The SMILES string of the molecule is CCCC[C@H](CO[P@@](=O)(N[C@@H](C)C(=O)OC(C)C)Oc1ccc2ccccc2c1)n1c(COCC)nc2c(N)nc3ccccc3c21. The first kappa shape index (κ1) is 34.3. The third-order valence-corrected chi connectivity index (χ3v) is 9.40. The first-order chi connectivity index (χ1) is 22.6. The Balaban J connectivity index is 1.55. The highest BCUT2D eigenvalue weighted by Gasteiger charge is 2.34. The summed E-state index contributed by atoms with van der Waals surface area (Å²) in [6.45, 7) is 9.83. The molecule has 0 unspecified atom stereocenters. The van der Waals surface area contributed by atoms with Crippen molar-refractivity contribution in [3.63, 3.8) is 0 Å². The number of fused-ring (bicyclic) bond motifs is 4. The lowest BCUT2D eigenvalue weighted by Gasteiger charge is -2.27. The molecule has 2 aromatic heterocycles. The quantitative estimate of drug-likeness (QED) is 0.0798. The Morgan fingerprint density at radius 2 is 1.74 bits per heavy atom. The molecule has 250 valence electrons. The molecule has 5 aromatic rings. The topological polar surface area (TPSA) is 140 Å². The van der Waals surface area contributed by atoms with Crippen molar-refractivity contribution in [3.05, 3.63) is 72.6 Å². The number of nitrogens with two attached hydrogens (primary N) is 1. The Labute approximate surface area is 275 Å². The number of nitrogen functional groups attached to an aromatic ring is 1. The van der Waals surface area contributed by atoms with E-state index in [4.69, 9.17) is 29.2 Å². The summed E-state index contributed by atoms with van der Waals surface area (Å²) in [6, 6.07) is 19.7. The molecule has 2 heterocycles. The van der Waals surface area contributed by atoms with Crippen molar-refractivity contribution < 1.29 is 27.9 Å². The van der Waals surface area contributed by atoms with E-state index in [-0.39, 0.29) is 25.4 Å². The molecule has 0 bridgehead atoms. The maximum Gasteiger partial charge on any atom is 0.459 e. The van der Waals surface area contributed by atoms with E-state index in [1.807, 2.05) is 61.5 Å². The summed E-state index contributed by atoms with van der Waals surface area (Å²) in [6.07, 6.45) is 2.12. The number of unbranched alkanes of at least 4 members (excludes halogenated alkanes) is 1. The van der Waals surface area contributed by atoms with Crippen molar-refractivity contribution in [2.24, 2.45) is 0 Å². The van der Waals surface area contributed by atoms with Gasteiger partial charge in [0.15, 0.2) is 5.82 Å². The maximum absolute atomic E-state index is 14.6. The zero-order valence-corrected chi connectivity index (χ0v) is 28.5. The van der Waals surface area contributed by atoms with Crippen LogP contribution in [-0.2, 0) is 30.0 Å². The molecule has 0 spiro atoms. The number of carbonyl (C=O) groups is 1. The fourth-order valence-corrected chi connectivity index (χ4v) is 7.06. The third-order valence-electron chi connectivity index (χ3n) is 7.76. The number of carbonyl (C=O) groups excluding carboxylic acids is 1. The van der Waals surface area contributed by atoms with E-state index < -0.39 is 19.8 Å². The second-order valence-electron chi connectivity index (χ2n) is 11.8. The second kappa shape index (κ2) is 15.3. The minimum absolute atomic E-state index is 0.0229. The lowest BCUT2D eigenvalue weighted by atomic mass is 10.1. The molecular formula is C35H44N5O6P. The number of esters is 1. The predicted molar refractivity (Wildman–Crippen MR) is 185 cm³/mol. The molecule has 47 heavy (non-hydrogen) atoms. The van der Waals surface area contributed by atoms with E-state index in [9.17, 15) is 9.36 Å². The van der Waals surface area contributed by atoms with Crippen molar-refractivity contribution in [1.29, 1.82) is 0 Å². The molecule has 11 nitrogen and oxygen atoms in total. The van der Waals surface area contributed by atoms with Crippen LogP contribution in [0.4, 0.5) is 5.82 Å². The number of benzene rings is 3. The molecule has 3 N–H and O–H groups in total. The zero-order chi connectivity index (χ0) is 33.6. The molecule has 0 saturated carbocycles. The standard InChI is InChI=1S/C35H44N5O6P/c1-6-8-15-27(40-31(22-43-7-2)38-32-33(40)29-16-11-12-17-30(29)37-34(32)36)21-44-47(42,39-24(5)35(41)45-23(3)4)46-28-19-18-25-13-9-10-14-26(25)20-28/h9-14,16-20,23-24,27H,6-8,15,21-22H2,1-5H3,(H2,36,37)(H,39,42)/t24-,27+,47-/m0/s1. The number of hydrogen-bond donors (Lipinski definition) is 2. The average molecular weight is 662 g/mol. The number of hydrogen-bond acceptors (Lipinski definition) is 9. The predicted octanol–water partition coefficient (Wildman–Crippen LogP) is 7.72. The van der Waals surface area contributed by atoms with Crippen LogP contribution in [0.5, 0.6) is 5.75 Å². The summed E-state index contributed by atoms with van der Waals surface area (Å²) < 4.78 is 40.3. The third kappa shape index (κ3) is 8.11. The number of anilines is 1. The van der Waals surface area contributed by atoms with E-state index in [1.54, 1.807) is 32.9 Å². The highest BCUT2D eigenvalue weighted by Crippen LogP contribution is 2.47. The molecule has 0 radical (unpaired) electrons. The van der Waals surface area contributed by atoms with Gasteiger partial charge in [-0.25, -0.2) is 14.5 Å². The van der Waals surface area contributed by atoms with E-state index in [0.717, 1.165) is 40.0 Å². The van der Waals surface area contributed by atoms with Crippen LogP contribution in [0.3, 0.4) is 0 Å². The van der Waals surface area contributed by atoms with Gasteiger partial charge in [0.2, 0.25) is 0 Å². The minimum Gasteiger partial charge on any atom is -0.462 e. The van der Waals surface area contributed by atoms with Crippen LogP contribution in [0.25, 0.3) is 32.7 Å². The molecule has 0 saturated heterocycles. The summed E-state index contributed by atoms with van der Waals surface area (Å²) in [5.74, 6) is 0.741. The van der Waals surface area contributed by atoms with Crippen LogP contribution >= 0.6 is 7.75 Å². The van der Waals surface area contributed by atoms with Crippen LogP contribution in [0.2, 0.25) is 0 Å². The second-order valence-corrected chi connectivity index (χ2v) is 13.5. The fourth-order valence-electron chi connectivity index (χ4n) is 5.55. The lowest BCUT2D eigenvalue weighted by molar-refractivity contribution is -0.149. The number of para-hydroxylation sites is 1. The van der Waals surface area contributed by atoms with Crippen LogP contribution in [0.15, 0.2) is 66.7 Å². The molecule has 0 aliphatic rings. The molecule has 5 rings (SSSR count). The summed E-state index contributed by atoms with van der Waals surface area (Å²) >= 11 is 0. The van der Waals surface area contributed by atoms with E-state index in [2.05, 4.69) is 21.6 Å². The van der Waals surface area contributed by atoms with Crippen molar-refractivity contribution >= 4 is 52.2 Å². The number of aromatic nitrogens is 3. The van der Waals surface area contributed by atoms with E-state index in [0.29, 0.717) is 35.9 Å². The number of nitrogens with zero attached hydrogens (tertiary/aromatic N) is 3. The van der Waals surface area contributed by atoms with E-state index >= 15 is 0 Å². The summed E-state index contributed by atoms with van der Waals surface area (Å²) in [4.78, 5) is 22.3. The molecule has 0 aliphatic heterocycles. The van der Waals surface area contributed by atoms with Crippen LogP contribution in [-0.4, -0.2) is 45.9 Å². The number of pyridine rings is 1. The number of ether oxygens (including phenoxy) is 2. The van der Waals surface area contributed by atoms with Crippen LogP contribution in [0, 0.1) is 0 Å². The molecule has 3 aromatic carbocycles. The smallest absolute Gasteiger partial charge is 0.459 e. The number of nitrogens with one attached hydrogen (secondary N) is 1. The van der Waals surface area contributed by atoms with Gasteiger partial charge in [0.25, 0.3) is 0 Å². The van der Waals surface area contributed by atoms with Crippen LogP contribution < -0.4 is 15.3 Å². The van der Waals surface area contributed by atoms with Gasteiger partial charge in [-0.1, -0.05) is 68.3 Å². The first-order valence-electron chi connectivity index (χ1n) is 16.2. The Kier molecular flexibility index (Phi) is 11.1. The summed E-state index contributed by atoms with van der Waals surface area (Å²) in [5.41, 5.74) is 8.55. The summed E-state index contributed by atoms with van der Waals surface area (Å²) in [7, 11) is -4.17.